The predicted molar refractivity (Wildman–Crippen MR) is 92.5 cm³/mol. The molecule has 0 aliphatic rings. The molecule has 0 saturated heterocycles. The fraction of sp³-hybridized carbons (Fsp3) is 0.312. The number of rotatable bonds is 9. The number of carboxylic acid groups (broad SMARTS) is 1. The van der Waals surface area contributed by atoms with E-state index < -0.39 is 27.2 Å². The Morgan fingerprint density at radius 1 is 1.17 bits per heavy atom. The van der Waals surface area contributed by atoms with Crippen molar-refractivity contribution in [1.29, 1.82) is 0 Å². The van der Waals surface area contributed by atoms with E-state index in [0.29, 0.717) is 35.7 Å². The number of methoxy groups -OCH3 is 1. The van der Waals surface area contributed by atoms with E-state index in [2.05, 4.69) is 0 Å². The van der Waals surface area contributed by atoms with Gasteiger partial charge in [0.15, 0.2) is 21.2 Å². The van der Waals surface area contributed by atoms with Crippen LogP contribution in [0.2, 0.25) is 0 Å². The highest BCUT2D eigenvalue weighted by Gasteiger charge is 2.14. The van der Waals surface area contributed by atoms with Gasteiger partial charge >= 0.3 is 5.97 Å². The molecule has 0 aromatic heterocycles. The number of hydrogen-bond donors (Lipinski definition) is 1. The molecule has 0 heterocycles. The number of hydrogen-bond acceptors (Lipinski definition) is 5. The average molecular weight is 432 g/mol. The van der Waals surface area contributed by atoms with E-state index in [4.69, 9.17) is 14.2 Å². The van der Waals surface area contributed by atoms with Crippen molar-refractivity contribution >= 4 is 37.9 Å². The van der Waals surface area contributed by atoms with Crippen LogP contribution in [-0.2, 0) is 12.5 Å². The van der Waals surface area contributed by atoms with E-state index >= 15 is 0 Å². The molecule has 0 unspecified atom stereocenters. The molecule has 124 valence electrons. The summed E-state index contributed by atoms with van der Waals surface area (Å²) in [5.74, 6) is -0.455. The van der Waals surface area contributed by atoms with Gasteiger partial charge in [0.25, 0.3) is 0 Å². The van der Waals surface area contributed by atoms with Crippen molar-refractivity contribution in [3.63, 3.8) is 0 Å². The van der Waals surface area contributed by atoms with Crippen molar-refractivity contribution in [3.05, 3.63) is 39.5 Å². The van der Waals surface area contributed by atoms with Crippen molar-refractivity contribution in [2.24, 2.45) is 0 Å². The number of aromatic carboxylic acids is 1. The zero-order chi connectivity index (χ0) is 16.7. The molecule has 0 radical (unpaired) electrons. The van der Waals surface area contributed by atoms with Crippen LogP contribution in [0.4, 0.5) is 0 Å². The first-order valence-corrected chi connectivity index (χ1v) is 8.90. The lowest BCUT2D eigenvalue weighted by Crippen LogP contribution is -2.10. The van der Waals surface area contributed by atoms with Gasteiger partial charge in [-0.05, 0) is 23.6 Å². The highest BCUT2D eigenvalue weighted by molar-refractivity contribution is 14.1. The summed E-state index contributed by atoms with van der Waals surface area (Å²) >= 11 is -1.58. The lowest BCUT2D eigenvalue weighted by molar-refractivity contribution is 0.0547. The fourth-order valence-corrected chi connectivity index (χ4v) is 3.14. The van der Waals surface area contributed by atoms with Crippen molar-refractivity contribution in [1.82, 2.24) is 0 Å². The second-order valence-electron chi connectivity index (χ2n) is 4.65. The zero-order valence-corrected chi connectivity index (χ0v) is 14.7. The third-order valence-corrected chi connectivity index (χ3v) is 4.53. The summed E-state index contributed by atoms with van der Waals surface area (Å²) in [4.78, 5) is 11.2. The fourth-order valence-electron chi connectivity index (χ4n) is 2.08. The molecule has 1 N–H and O–H groups in total. The van der Waals surface area contributed by atoms with Crippen LogP contribution < -0.4 is 4.74 Å². The van der Waals surface area contributed by atoms with Crippen LogP contribution >= 0.6 is 21.2 Å². The molecule has 2 rings (SSSR count). The molecule has 0 fully saturated rings. The smallest absolute Gasteiger partial charge is 0.336 e. The predicted octanol–water partition coefficient (Wildman–Crippen LogP) is 3.07. The quantitative estimate of drug-likeness (QED) is 0.485. The summed E-state index contributed by atoms with van der Waals surface area (Å²) in [7, 11) is 1.61. The molecule has 0 amide bonds. The normalized spacial score (nSPS) is 10.8. The van der Waals surface area contributed by atoms with Gasteiger partial charge in [0.1, 0.15) is 12.4 Å². The lowest BCUT2D eigenvalue weighted by atomic mass is 10.1. The first kappa shape index (κ1) is 17.8. The second-order valence-corrected chi connectivity index (χ2v) is 6.25. The third-order valence-electron chi connectivity index (χ3n) is 3.16. The Morgan fingerprint density at radius 2 is 1.96 bits per heavy atom. The summed E-state index contributed by atoms with van der Waals surface area (Å²) < 4.78 is 27.6. The lowest BCUT2D eigenvalue weighted by Gasteiger charge is -2.11. The molecule has 0 spiro atoms. The van der Waals surface area contributed by atoms with Gasteiger partial charge in [0.05, 0.1) is 29.0 Å². The standard InChI is InChI=1S/C16H17IO6/c1-21-5-6-22-7-8-23-15-4-2-3-11-9-13(16(18)19)14(17-20)10-12(11)15/h2-4,9-10H,5-8H2,1H3,(H,18,19). The van der Waals surface area contributed by atoms with Crippen LogP contribution in [0.5, 0.6) is 5.75 Å². The van der Waals surface area contributed by atoms with Gasteiger partial charge in [-0.3, -0.25) is 3.07 Å². The minimum absolute atomic E-state index is 0.0837. The van der Waals surface area contributed by atoms with E-state index in [-0.39, 0.29) is 5.56 Å². The molecule has 2 aromatic carbocycles. The molecular weight excluding hydrogens is 415 g/mol. The van der Waals surface area contributed by atoms with E-state index in [9.17, 15) is 13.0 Å². The Labute approximate surface area is 144 Å². The van der Waals surface area contributed by atoms with E-state index in [1.807, 2.05) is 0 Å². The summed E-state index contributed by atoms with van der Waals surface area (Å²) in [5, 5.41) is 10.7. The molecule has 6 nitrogen and oxygen atoms in total. The SMILES string of the molecule is COCCOCCOc1cccc2cc(C(=O)O)c(I=O)cc12. The Balaban J connectivity index is 2.17. The Bertz CT molecular complexity index is 700. The van der Waals surface area contributed by atoms with Crippen molar-refractivity contribution in [2.45, 2.75) is 0 Å². The highest BCUT2D eigenvalue weighted by atomic mass is 127. The summed E-state index contributed by atoms with van der Waals surface area (Å²) in [6, 6.07) is 8.56. The van der Waals surface area contributed by atoms with E-state index in [1.54, 1.807) is 31.4 Å². The van der Waals surface area contributed by atoms with Gasteiger partial charge in [-0.15, -0.1) is 0 Å². The van der Waals surface area contributed by atoms with Crippen molar-refractivity contribution < 1.29 is 27.2 Å². The van der Waals surface area contributed by atoms with Gasteiger partial charge in [0.2, 0.25) is 0 Å². The van der Waals surface area contributed by atoms with Gasteiger partial charge in [-0.1, -0.05) is 12.1 Å². The number of carboxylic acids is 1. The Hall–Kier alpha value is -1.58. The van der Waals surface area contributed by atoms with Gasteiger partial charge in [-0.25, -0.2) is 4.79 Å². The van der Waals surface area contributed by atoms with Crippen LogP contribution in [-0.4, -0.2) is 44.6 Å². The highest BCUT2D eigenvalue weighted by Crippen LogP contribution is 2.30. The molecule has 0 bridgehead atoms. The van der Waals surface area contributed by atoms with Crippen LogP contribution in [0, 0.1) is 3.57 Å². The van der Waals surface area contributed by atoms with Crippen LogP contribution in [0.15, 0.2) is 30.3 Å². The maximum atomic E-state index is 11.3. The van der Waals surface area contributed by atoms with Crippen molar-refractivity contribution in [3.8, 4) is 5.75 Å². The number of halogens is 1. The van der Waals surface area contributed by atoms with Gasteiger partial charge in [-0.2, -0.15) is 0 Å². The minimum Gasteiger partial charge on any atom is -0.491 e. The number of fused-ring (bicyclic) bond motifs is 1. The average Bonchev–Trinajstić information content (AvgIpc) is 2.56. The summed E-state index contributed by atoms with van der Waals surface area (Å²) in [5.41, 5.74) is 0.0837. The topological polar surface area (TPSA) is 82.1 Å². The Morgan fingerprint density at radius 3 is 2.65 bits per heavy atom. The summed E-state index contributed by atoms with van der Waals surface area (Å²) in [6.45, 7) is 1.82. The largest absolute Gasteiger partial charge is 0.491 e. The molecule has 0 saturated carbocycles. The molecule has 0 aliphatic carbocycles. The van der Waals surface area contributed by atoms with Crippen molar-refractivity contribution in [2.75, 3.05) is 33.5 Å². The first-order chi connectivity index (χ1) is 11.2. The molecule has 0 atom stereocenters. The monoisotopic (exact) mass is 432 g/mol. The number of ether oxygens (including phenoxy) is 3. The summed E-state index contributed by atoms with van der Waals surface area (Å²) in [6.07, 6.45) is 0. The number of carbonyl (C=O) groups is 1. The molecule has 7 heteroatoms. The van der Waals surface area contributed by atoms with Gasteiger partial charge < -0.3 is 19.3 Å². The van der Waals surface area contributed by atoms with Crippen LogP contribution in [0.3, 0.4) is 0 Å². The van der Waals surface area contributed by atoms with E-state index in [1.165, 1.54) is 6.07 Å². The maximum Gasteiger partial charge on any atom is 0.336 e. The van der Waals surface area contributed by atoms with Crippen LogP contribution in [0.1, 0.15) is 10.4 Å². The molecule has 23 heavy (non-hydrogen) atoms. The molecule has 0 aliphatic heterocycles. The minimum atomic E-state index is -1.58. The maximum absolute atomic E-state index is 11.3. The first-order valence-electron chi connectivity index (χ1n) is 6.94. The Kier molecular flexibility index (Phi) is 6.87. The molecular formula is C16H17IO6. The molecule has 2 aromatic rings. The third kappa shape index (κ3) is 4.69. The second kappa shape index (κ2) is 8.90. The van der Waals surface area contributed by atoms with E-state index in [0.717, 1.165) is 10.8 Å². The van der Waals surface area contributed by atoms with Gasteiger partial charge in [0, 0.05) is 12.5 Å². The zero-order valence-electron chi connectivity index (χ0n) is 12.6. The number of benzene rings is 2. The van der Waals surface area contributed by atoms with Crippen LogP contribution in [0.25, 0.3) is 10.8 Å².